The molecule has 7 heteroatoms. The van der Waals surface area contributed by atoms with Crippen LogP contribution >= 0.6 is 0 Å². The number of hydrogen-bond donors (Lipinski definition) is 1. The molecule has 3 amide bonds. The van der Waals surface area contributed by atoms with Crippen LogP contribution in [-0.4, -0.2) is 66.9 Å². The summed E-state index contributed by atoms with van der Waals surface area (Å²) in [5.41, 5.74) is 2.25. The second kappa shape index (κ2) is 10.7. The van der Waals surface area contributed by atoms with Crippen molar-refractivity contribution >= 4 is 17.7 Å². The van der Waals surface area contributed by atoms with Gasteiger partial charge in [0.05, 0.1) is 7.11 Å². The molecule has 180 valence electrons. The minimum Gasteiger partial charge on any atom is -0.497 e. The molecule has 0 radical (unpaired) electrons. The summed E-state index contributed by atoms with van der Waals surface area (Å²) in [4.78, 5) is 43.0. The van der Waals surface area contributed by atoms with Crippen LogP contribution in [0.4, 0.5) is 0 Å². The van der Waals surface area contributed by atoms with Gasteiger partial charge in [-0.3, -0.25) is 14.4 Å². The van der Waals surface area contributed by atoms with E-state index in [2.05, 4.69) is 5.32 Å². The lowest BCUT2D eigenvalue weighted by atomic mass is 9.88. The number of benzene rings is 2. The van der Waals surface area contributed by atoms with Crippen LogP contribution in [0, 0.1) is 12.8 Å². The molecule has 4 rings (SSSR count). The summed E-state index contributed by atoms with van der Waals surface area (Å²) in [6.45, 7) is 4.57. The Kier molecular flexibility index (Phi) is 7.50. The Hall–Kier alpha value is -3.35. The van der Waals surface area contributed by atoms with Gasteiger partial charge in [-0.15, -0.1) is 0 Å². The molecule has 0 saturated carbocycles. The van der Waals surface area contributed by atoms with Crippen molar-refractivity contribution in [3.63, 3.8) is 0 Å². The predicted octanol–water partition coefficient (Wildman–Crippen LogP) is 3.28. The Morgan fingerprint density at radius 1 is 0.853 bits per heavy atom. The average Bonchev–Trinajstić information content (AvgIpc) is 3.42. The summed E-state index contributed by atoms with van der Waals surface area (Å²) in [5.74, 6) is 0.449. The zero-order valence-corrected chi connectivity index (χ0v) is 20.0. The van der Waals surface area contributed by atoms with E-state index in [0.29, 0.717) is 42.8 Å². The number of rotatable bonds is 6. The predicted molar refractivity (Wildman–Crippen MR) is 130 cm³/mol. The molecule has 34 heavy (non-hydrogen) atoms. The number of ether oxygens (including phenoxy) is 1. The van der Waals surface area contributed by atoms with Crippen LogP contribution in [0.2, 0.25) is 0 Å². The van der Waals surface area contributed by atoms with Gasteiger partial charge in [-0.25, -0.2) is 0 Å². The number of carbonyl (C=O) groups is 3. The normalized spacial score (nSPS) is 17.4. The number of likely N-dealkylation sites (tertiary alicyclic amines) is 2. The van der Waals surface area contributed by atoms with Crippen molar-refractivity contribution in [3.05, 3.63) is 65.2 Å². The van der Waals surface area contributed by atoms with E-state index in [1.54, 1.807) is 43.5 Å². The maximum Gasteiger partial charge on any atom is 0.253 e. The first-order valence-corrected chi connectivity index (χ1v) is 12.1. The fourth-order valence-corrected chi connectivity index (χ4v) is 4.80. The molecule has 2 aliphatic rings. The molecule has 0 bridgehead atoms. The van der Waals surface area contributed by atoms with Crippen LogP contribution in [0.25, 0.3) is 0 Å². The van der Waals surface area contributed by atoms with Gasteiger partial charge in [0.15, 0.2) is 0 Å². The molecule has 0 unspecified atom stereocenters. The number of hydrogen-bond acceptors (Lipinski definition) is 4. The first-order chi connectivity index (χ1) is 16.5. The molecule has 1 atom stereocenters. The number of nitrogens with zero attached hydrogens (tertiary/aromatic N) is 2. The van der Waals surface area contributed by atoms with E-state index in [0.717, 1.165) is 31.5 Å². The smallest absolute Gasteiger partial charge is 0.253 e. The highest BCUT2D eigenvalue weighted by Crippen LogP contribution is 2.25. The van der Waals surface area contributed by atoms with Crippen molar-refractivity contribution in [1.29, 1.82) is 0 Å². The topological polar surface area (TPSA) is 79.0 Å². The molecule has 0 aromatic heterocycles. The summed E-state index contributed by atoms with van der Waals surface area (Å²) < 4.78 is 5.17. The van der Waals surface area contributed by atoms with Crippen LogP contribution < -0.4 is 10.1 Å². The molecule has 2 saturated heterocycles. The van der Waals surface area contributed by atoms with Gasteiger partial charge in [-0.1, -0.05) is 17.7 Å². The zero-order valence-electron chi connectivity index (χ0n) is 20.0. The molecule has 7 nitrogen and oxygen atoms in total. The Balaban J connectivity index is 1.43. The molecule has 2 aliphatic heterocycles. The van der Waals surface area contributed by atoms with Crippen molar-refractivity contribution in [2.24, 2.45) is 5.92 Å². The van der Waals surface area contributed by atoms with E-state index >= 15 is 0 Å². The lowest BCUT2D eigenvalue weighted by Gasteiger charge is -2.37. The third kappa shape index (κ3) is 5.41. The second-order valence-electron chi connectivity index (χ2n) is 9.21. The minimum atomic E-state index is -0.579. The van der Waals surface area contributed by atoms with Crippen molar-refractivity contribution < 1.29 is 19.1 Å². The van der Waals surface area contributed by atoms with Crippen molar-refractivity contribution in [1.82, 2.24) is 15.1 Å². The first kappa shape index (κ1) is 23.8. The van der Waals surface area contributed by atoms with E-state index in [1.807, 2.05) is 28.9 Å². The minimum absolute atomic E-state index is 0.00195. The monoisotopic (exact) mass is 463 g/mol. The summed E-state index contributed by atoms with van der Waals surface area (Å²) in [5, 5.41) is 3.04. The van der Waals surface area contributed by atoms with E-state index in [9.17, 15) is 14.4 Å². The largest absolute Gasteiger partial charge is 0.497 e. The lowest BCUT2D eigenvalue weighted by molar-refractivity contribution is -0.134. The molecule has 0 spiro atoms. The van der Waals surface area contributed by atoms with E-state index in [-0.39, 0.29) is 23.6 Å². The number of methoxy groups -OCH3 is 1. The van der Waals surface area contributed by atoms with Crippen molar-refractivity contribution in [3.8, 4) is 5.75 Å². The Bertz CT molecular complexity index is 1010. The molecule has 2 heterocycles. The number of piperidine rings is 1. The molecule has 2 fully saturated rings. The van der Waals surface area contributed by atoms with E-state index in [4.69, 9.17) is 4.74 Å². The highest BCUT2D eigenvalue weighted by Gasteiger charge is 2.37. The summed E-state index contributed by atoms with van der Waals surface area (Å²) in [6, 6.07) is 13.9. The lowest BCUT2D eigenvalue weighted by Crippen LogP contribution is -2.54. The third-order valence-electron chi connectivity index (χ3n) is 6.92. The van der Waals surface area contributed by atoms with Gasteiger partial charge in [0, 0.05) is 37.3 Å². The van der Waals surface area contributed by atoms with Gasteiger partial charge in [0.25, 0.3) is 11.8 Å². The van der Waals surface area contributed by atoms with E-state index < -0.39 is 6.04 Å². The number of nitrogens with one attached hydrogen (secondary N) is 1. The summed E-state index contributed by atoms with van der Waals surface area (Å²) in [7, 11) is 1.60. The zero-order chi connectivity index (χ0) is 24.1. The fourth-order valence-electron chi connectivity index (χ4n) is 4.80. The van der Waals surface area contributed by atoms with Crippen molar-refractivity contribution in [2.45, 2.75) is 38.6 Å². The van der Waals surface area contributed by atoms with Gasteiger partial charge < -0.3 is 19.9 Å². The van der Waals surface area contributed by atoms with Crippen LogP contribution in [0.1, 0.15) is 52.0 Å². The van der Waals surface area contributed by atoms with E-state index in [1.165, 1.54) is 0 Å². The fraction of sp³-hybridized carbons (Fsp3) is 0.444. The molecular weight excluding hydrogens is 430 g/mol. The number of aryl methyl sites for hydroxylation is 1. The molecule has 2 aromatic rings. The van der Waals surface area contributed by atoms with Gasteiger partial charge in [-0.05, 0) is 74.9 Å². The average molecular weight is 464 g/mol. The second-order valence-corrected chi connectivity index (χ2v) is 9.21. The molecular formula is C27H33N3O4. The summed E-state index contributed by atoms with van der Waals surface area (Å²) >= 11 is 0. The van der Waals surface area contributed by atoms with Gasteiger partial charge in [-0.2, -0.15) is 0 Å². The Morgan fingerprint density at radius 2 is 1.44 bits per heavy atom. The van der Waals surface area contributed by atoms with Crippen LogP contribution in [0.5, 0.6) is 5.75 Å². The summed E-state index contributed by atoms with van der Waals surface area (Å²) in [6.07, 6.45) is 3.33. The quantitative estimate of drug-likeness (QED) is 0.713. The van der Waals surface area contributed by atoms with Crippen LogP contribution in [-0.2, 0) is 4.79 Å². The standard InChI is InChI=1S/C27H33N3O4/c1-19-5-7-21(8-6-19)25(31)28-24(27(33)29-15-3-4-16-29)20-13-17-30(18-14-20)26(32)22-9-11-23(34-2)12-10-22/h5-12,20,24H,3-4,13-18H2,1-2H3,(H,28,31)/t24-/m1/s1. The molecule has 2 aromatic carbocycles. The number of carbonyl (C=O) groups excluding carboxylic acids is 3. The third-order valence-corrected chi connectivity index (χ3v) is 6.92. The van der Waals surface area contributed by atoms with Crippen molar-refractivity contribution in [2.75, 3.05) is 33.3 Å². The maximum atomic E-state index is 13.4. The van der Waals surface area contributed by atoms with Crippen LogP contribution in [0.3, 0.4) is 0 Å². The Labute approximate surface area is 201 Å². The Morgan fingerprint density at radius 3 is 2.03 bits per heavy atom. The molecule has 0 aliphatic carbocycles. The maximum absolute atomic E-state index is 13.4. The highest BCUT2D eigenvalue weighted by atomic mass is 16.5. The van der Waals surface area contributed by atoms with Crippen LogP contribution in [0.15, 0.2) is 48.5 Å². The number of amides is 3. The first-order valence-electron chi connectivity index (χ1n) is 12.1. The highest BCUT2D eigenvalue weighted by molar-refractivity contribution is 5.98. The van der Waals surface area contributed by atoms with Gasteiger partial charge in [0.2, 0.25) is 5.91 Å². The molecule has 1 N–H and O–H groups in total. The van der Waals surface area contributed by atoms with Gasteiger partial charge in [0.1, 0.15) is 11.8 Å². The van der Waals surface area contributed by atoms with Gasteiger partial charge >= 0.3 is 0 Å². The SMILES string of the molecule is COc1ccc(C(=O)N2CCC([C@@H](NC(=O)c3ccc(C)cc3)C(=O)N3CCCC3)CC2)cc1.